The topological polar surface area (TPSA) is 0 Å². The van der Waals surface area contributed by atoms with Gasteiger partial charge in [-0.25, -0.2) is 0 Å². The lowest BCUT2D eigenvalue weighted by molar-refractivity contribution is 0.267. The third-order valence-electron chi connectivity index (χ3n) is 4.28. The third kappa shape index (κ3) is 3.04. The molecule has 1 aromatic rings. The van der Waals surface area contributed by atoms with Gasteiger partial charge < -0.3 is 0 Å². The molecule has 1 aliphatic rings. The van der Waals surface area contributed by atoms with E-state index in [1.54, 1.807) is 0 Å². The highest BCUT2D eigenvalue weighted by Gasteiger charge is 2.32. The smallest absolute Gasteiger partial charge is 0.0406 e. The number of hydrogen-bond donors (Lipinski definition) is 0. The minimum atomic E-state index is 0.457. The van der Waals surface area contributed by atoms with Crippen molar-refractivity contribution in [2.75, 3.05) is 0 Å². The first-order valence-corrected chi connectivity index (χ1v) is 7.41. The maximum Gasteiger partial charge on any atom is 0.0406 e. The summed E-state index contributed by atoms with van der Waals surface area (Å²) in [5, 5.41) is 0.857. The van der Waals surface area contributed by atoms with Crippen LogP contribution in [0, 0.1) is 0 Å². The third-order valence-corrected chi connectivity index (χ3v) is 4.53. The molecule has 1 aromatic carbocycles. The second kappa shape index (κ2) is 5.91. The zero-order chi connectivity index (χ0) is 12.1. The fourth-order valence-electron chi connectivity index (χ4n) is 3.23. The Kier molecular flexibility index (Phi) is 4.50. The van der Waals surface area contributed by atoms with Gasteiger partial charge in [0.1, 0.15) is 0 Å². The zero-order valence-corrected chi connectivity index (χ0v) is 11.6. The van der Waals surface area contributed by atoms with Crippen molar-refractivity contribution in [3.8, 4) is 0 Å². The van der Waals surface area contributed by atoms with Crippen LogP contribution < -0.4 is 0 Å². The first-order chi connectivity index (χ1) is 8.27. The molecule has 0 radical (unpaired) electrons. The lowest BCUT2D eigenvalue weighted by Gasteiger charge is -2.38. The van der Waals surface area contributed by atoms with E-state index in [0.717, 1.165) is 5.02 Å². The largest absolute Gasteiger partial charge is 0.0843 e. The van der Waals surface area contributed by atoms with Gasteiger partial charge in [-0.05, 0) is 42.4 Å². The maximum absolute atomic E-state index is 6.00. The Bertz CT molecular complexity index is 333. The van der Waals surface area contributed by atoms with Gasteiger partial charge in [0.2, 0.25) is 0 Å². The van der Waals surface area contributed by atoms with Crippen LogP contribution in [0.1, 0.15) is 63.9 Å². The van der Waals surface area contributed by atoms with E-state index in [4.69, 9.17) is 11.6 Å². The van der Waals surface area contributed by atoms with Crippen LogP contribution in [0.4, 0.5) is 0 Å². The monoisotopic (exact) mass is 250 g/mol. The molecule has 0 atom stereocenters. The lowest BCUT2D eigenvalue weighted by Crippen LogP contribution is -2.28. The van der Waals surface area contributed by atoms with Crippen molar-refractivity contribution in [2.45, 2.75) is 63.7 Å². The first kappa shape index (κ1) is 13.0. The van der Waals surface area contributed by atoms with Crippen molar-refractivity contribution in [1.82, 2.24) is 0 Å². The van der Waals surface area contributed by atoms with Crippen molar-refractivity contribution in [1.29, 1.82) is 0 Å². The Morgan fingerprint density at radius 3 is 2.29 bits per heavy atom. The van der Waals surface area contributed by atoms with Gasteiger partial charge in [-0.2, -0.15) is 0 Å². The highest BCUT2D eigenvalue weighted by atomic mass is 35.5. The van der Waals surface area contributed by atoms with E-state index in [9.17, 15) is 0 Å². The van der Waals surface area contributed by atoms with Crippen molar-refractivity contribution >= 4 is 11.6 Å². The molecule has 1 fully saturated rings. The second-order valence-corrected chi connectivity index (χ2v) is 5.89. The SMILES string of the molecule is CCCCC1(c2ccc(Cl)cc2)CCCCC1. The summed E-state index contributed by atoms with van der Waals surface area (Å²) in [6, 6.07) is 8.62. The first-order valence-electron chi connectivity index (χ1n) is 7.03. The molecule has 0 aliphatic heterocycles. The fraction of sp³-hybridized carbons (Fsp3) is 0.625. The highest BCUT2D eigenvalue weighted by Crippen LogP contribution is 2.43. The summed E-state index contributed by atoms with van der Waals surface area (Å²) in [7, 11) is 0. The molecule has 0 nitrogen and oxygen atoms in total. The normalized spacial score (nSPS) is 19.2. The van der Waals surface area contributed by atoms with E-state index in [0.29, 0.717) is 5.41 Å². The molecule has 2 rings (SSSR count). The summed E-state index contributed by atoms with van der Waals surface area (Å²) in [6.45, 7) is 2.29. The van der Waals surface area contributed by atoms with Crippen molar-refractivity contribution < 1.29 is 0 Å². The predicted octanol–water partition coefficient (Wildman–Crippen LogP) is 5.73. The molecule has 0 N–H and O–H groups in total. The van der Waals surface area contributed by atoms with Crippen molar-refractivity contribution in [3.05, 3.63) is 34.9 Å². The fourth-order valence-corrected chi connectivity index (χ4v) is 3.36. The van der Waals surface area contributed by atoms with Crippen LogP contribution in [0.25, 0.3) is 0 Å². The van der Waals surface area contributed by atoms with E-state index in [1.165, 1.54) is 56.9 Å². The molecule has 0 aromatic heterocycles. The Hall–Kier alpha value is -0.490. The van der Waals surface area contributed by atoms with Gasteiger partial charge >= 0.3 is 0 Å². The highest BCUT2D eigenvalue weighted by molar-refractivity contribution is 6.30. The molecule has 1 aliphatic carbocycles. The molecule has 0 heterocycles. The summed E-state index contributed by atoms with van der Waals surface area (Å²) >= 11 is 6.00. The van der Waals surface area contributed by atoms with Gasteiger partial charge in [0.15, 0.2) is 0 Å². The summed E-state index contributed by atoms with van der Waals surface area (Å²) in [5.41, 5.74) is 1.98. The molecule has 0 saturated heterocycles. The van der Waals surface area contributed by atoms with Gasteiger partial charge in [-0.3, -0.25) is 0 Å². The Morgan fingerprint density at radius 2 is 1.71 bits per heavy atom. The molecule has 1 heteroatoms. The van der Waals surface area contributed by atoms with Crippen LogP contribution in [-0.4, -0.2) is 0 Å². The quantitative estimate of drug-likeness (QED) is 0.640. The van der Waals surface area contributed by atoms with Crippen molar-refractivity contribution in [2.24, 2.45) is 0 Å². The molecule has 0 spiro atoms. The maximum atomic E-state index is 6.00. The van der Waals surface area contributed by atoms with Gasteiger partial charge in [0.25, 0.3) is 0 Å². The van der Waals surface area contributed by atoms with Gasteiger partial charge in [0.05, 0.1) is 0 Å². The Labute approximate surface area is 110 Å². The van der Waals surface area contributed by atoms with Crippen LogP contribution in [0.3, 0.4) is 0 Å². The molecule has 17 heavy (non-hydrogen) atoms. The van der Waals surface area contributed by atoms with Crippen LogP contribution in [0.2, 0.25) is 5.02 Å². The van der Waals surface area contributed by atoms with Crippen LogP contribution in [0.5, 0.6) is 0 Å². The number of benzene rings is 1. The van der Waals surface area contributed by atoms with Crippen LogP contribution in [-0.2, 0) is 5.41 Å². The minimum Gasteiger partial charge on any atom is -0.0843 e. The lowest BCUT2D eigenvalue weighted by atomic mass is 9.67. The number of hydrogen-bond acceptors (Lipinski definition) is 0. The minimum absolute atomic E-state index is 0.457. The summed E-state index contributed by atoms with van der Waals surface area (Å²) in [5.74, 6) is 0. The Morgan fingerprint density at radius 1 is 1.06 bits per heavy atom. The molecule has 1 saturated carbocycles. The zero-order valence-electron chi connectivity index (χ0n) is 10.8. The van der Waals surface area contributed by atoms with E-state index >= 15 is 0 Å². The predicted molar refractivity (Wildman–Crippen MR) is 75.7 cm³/mol. The van der Waals surface area contributed by atoms with E-state index < -0.39 is 0 Å². The summed E-state index contributed by atoms with van der Waals surface area (Å²) in [4.78, 5) is 0. The van der Waals surface area contributed by atoms with E-state index in [1.807, 2.05) is 0 Å². The molecular weight excluding hydrogens is 228 g/mol. The molecule has 94 valence electrons. The second-order valence-electron chi connectivity index (χ2n) is 5.45. The van der Waals surface area contributed by atoms with Crippen LogP contribution in [0.15, 0.2) is 24.3 Å². The molecule has 0 unspecified atom stereocenters. The molecule has 0 amide bonds. The summed E-state index contributed by atoms with van der Waals surface area (Å²) < 4.78 is 0. The van der Waals surface area contributed by atoms with Crippen molar-refractivity contribution in [3.63, 3.8) is 0 Å². The van der Waals surface area contributed by atoms with E-state index in [-0.39, 0.29) is 0 Å². The number of unbranched alkanes of at least 4 members (excludes halogenated alkanes) is 1. The van der Waals surface area contributed by atoms with Gasteiger partial charge in [0, 0.05) is 5.02 Å². The van der Waals surface area contributed by atoms with Crippen LogP contribution >= 0.6 is 11.6 Å². The van der Waals surface area contributed by atoms with Gasteiger partial charge in [-0.1, -0.05) is 62.8 Å². The number of halogens is 1. The summed E-state index contributed by atoms with van der Waals surface area (Å²) in [6.07, 6.45) is 11.0. The molecule has 0 bridgehead atoms. The average Bonchev–Trinajstić information content (AvgIpc) is 2.38. The molecular formula is C16H23Cl. The van der Waals surface area contributed by atoms with E-state index in [2.05, 4.69) is 31.2 Å². The van der Waals surface area contributed by atoms with Gasteiger partial charge in [-0.15, -0.1) is 0 Å². The number of rotatable bonds is 4. The average molecular weight is 251 g/mol. The standard InChI is InChI=1S/C16H23Cl/c1-2-3-11-16(12-5-4-6-13-16)14-7-9-15(17)10-8-14/h7-10H,2-6,11-13H2,1H3. The Balaban J connectivity index is 2.21.